The number of nitrogens with zero attached hydrogens (tertiary/aromatic N) is 6. The molecule has 1 amide bonds. The van der Waals surface area contributed by atoms with Crippen molar-refractivity contribution < 1.29 is 19.0 Å². The molecule has 6 rings (SSSR count). The number of phenolic OH excluding ortho intramolecular Hbond substituents is 1. The normalized spacial score (nSPS) is 21.9. The minimum absolute atomic E-state index is 0.110. The second-order valence-corrected chi connectivity index (χ2v) is 12.4. The lowest BCUT2D eigenvalue weighted by Crippen LogP contribution is -2.45. The molecule has 1 saturated heterocycles. The fourth-order valence-corrected chi connectivity index (χ4v) is 7.32. The lowest BCUT2D eigenvalue weighted by Gasteiger charge is -2.31. The van der Waals surface area contributed by atoms with Crippen LogP contribution in [0.3, 0.4) is 0 Å². The lowest BCUT2D eigenvalue weighted by molar-refractivity contribution is -0.129. The molecule has 0 unspecified atom stereocenters. The summed E-state index contributed by atoms with van der Waals surface area (Å²) in [5.41, 5.74) is -0.432. The Morgan fingerprint density at radius 2 is 1.83 bits per heavy atom. The van der Waals surface area contributed by atoms with Gasteiger partial charge in [-0.25, -0.2) is 13.8 Å². The fraction of sp³-hybridized carbons (Fsp3) is 0.483. The molecular weight excluding hydrogens is 563 g/mol. The topological polar surface area (TPSA) is 124 Å². The van der Waals surface area contributed by atoms with Crippen LogP contribution in [0, 0.1) is 18.7 Å². The van der Waals surface area contributed by atoms with Gasteiger partial charge in [-0.3, -0.25) is 14.2 Å². The second kappa shape index (κ2) is 11.1. The van der Waals surface area contributed by atoms with Gasteiger partial charge in [0, 0.05) is 24.7 Å². The SMILES string of the molecule is Cc1c(-n2nccn2)sc2c1c(=O)n([C@H]1CCN(C)C1=O)c(=O)n2C[C@H](OC1CCC(C)CC1)c1cc(F)ccc1O. The van der Waals surface area contributed by atoms with Gasteiger partial charge in [-0.05, 0) is 63.1 Å². The van der Waals surface area contributed by atoms with E-state index in [-0.39, 0.29) is 35.3 Å². The van der Waals surface area contributed by atoms with E-state index in [1.54, 1.807) is 14.0 Å². The largest absolute Gasteiger partial charge is 0.508 e. The van der Waals surface area contributed by atoms with Crippen LogP contribution in [0.5, 0.6) is 5.75 Å². The van der Waals surface area contributed by atoms with Crippen LogP contribution in [0.2, 0.25) is 0 Å². The maximum Gasteiger partial charge on any atom is 0.332 e. The minimum atomic E-state index is -0.946. The second-order valence-electron chi connectivity index (χ2n) is 11.4. The smallest absolute Gasteiger partial charge is 0.332 e. The number of phenols is 1. The lowest BCUT2D eigenvalue weighted by atomic mass is 9.88. The highest BCUT2D eigenvalue weighted by Crippen LogP contribution is 2.36. The van der Waals surface area contributed by atoms with Gasteiger partial charge in [0.25, 0.3) is 5.56 Å². The van der Waals surface area contributed by atoms with Crippen molar-refractivity contribution in [1.29, 1.82) is 0 Å². The summed E-state index contributed by atoms with van der Waals surface area (Å²) in [6.07, 6.45) is 5.85. The molecule has 1 aliphatic carbocycles. The predicted molar refractivity (Wildman–Crippen MR) is 155 cm³/mol. The van der Waals surface area contributed by atoms with E-state index in [2.05, 4.69) is 17.1 Å². The quantitative estimate of drug-likeness (QED) is 0.345. The summed E-state index contributed by atoms with van der Waals surface area (Å²) in [5, 5.41) is 20.1. The average Bonchev–Trinajstić information content (AvgIpc) is 3.69. The highest BCUT2D eigenvalue weighted by Gasteiger charge is 2.36. The van der Waals surface area contributed by atoms with Crippen LogP contribution in [-0.2, 0) is 16.1 Å². The number of hydrogen-bond acceptors (Lipinski definition) is 8. The number of amides is 1. The number of rotatable bonds is 7. The van der Waals surface area contributed by atoms with Crippen LogP contribution in [0.4, 0.5) is 4.39 Å². The standard InChI is InChI=1S/C29H33FN6O5S/c1-16-4-7-19(8-5-16)41-23(20-14-18(30)6-9-22(20)37)15-34-28-24(17(2)27(42-28)36-31-11-12-32-36)26(39)35(29(34)40)21-10-13-33(3)25(21)38/h6,9,11-12,14,16,19,21,23,37H,4-5,7-8,10,13,15H2,1-3H3/t16?,19?,21-,23-/m0/s1. The number of carbonyl (C=O) groups is 1. The first-order valence-electron chi connectivity index (χ1n) is 14.2. The number of fused-ring (bicyclic) bond motifs is 1. The maximum atomic E-state index is 14.5. The van der Waals surface area contributed by atoms with E-state index in [0.29, 0.717) is 34.3 Å². The molecule has 2 fully saturated rings. The van der Waals surface area contributed by atoms with Crippen molar-refractivity contribution >= 4 is 27.5 Å². The number of aromatic nitrogens is 5. The number of aromatic hydroxyl groups is 1. The van der Waals surface area contributed by atoms with Gasteiger partial charge in [0.1, 0.15) is 33.5 Å². The number of benzene rings is 1. The molecule has 1 aromatic carbocycles. The number of ether oxygens (including phenoxy) is 1. The summed E-state index contributed by atoms with van der Waals surface area (Å²) in [5.74, 6) is -0.440. The van der Waals surface area contributed by atoms with Gasteiger partial charge in [0.15, 0.2) is 0 Å². The zero-order valence-corrected chi connectivity index (χ0v) is 24.5. The maximum absolute atomic E-state index is 14.5. The van der Waals surface area contributed by atoms with E-state index >= 15 is 0 Å². The number of thiophene rings is 1. The molecule has 2 atom stereocenters. The molecule has 2 aliphatic rings. The Morgan fingerprint density at radius 3 is 2.50 bits per heavy atom. The third-order valence-electron chi connectivity index (χ3n) is 8.53. The molecule has 4 aromatic rings. The molecule has 0 radical (unpaired) electrons. The molecule has 1 N–H and O–H groups in total. The van der Waals surface area contributed by atoms with E-state index in [1.165, 1.54) is 50.1 Å². The highest BCUT2D eigenvalue weighted by atomic mass is 32.1. The Morgan fingerprint density at radius 1 is 1.12 bits per heavy atom. The number of hydrogen-bond donors (Lipinski definition) is 1. The number of halogens is 1. The predicted octanol–water partition coefficient (Wildman–Crippen LogP) is 3.70. The summed E-state index contributed by atoms with van der Waals surface area (Å²) in [6.45, 7) is 4.26. The zero-order valence-electron chi connectivity index (χ0n) is 23.7. The van der Waals surface area contributed by atoms with Gasteiger partial charge < -0.3 is 14.7 Å². The Bertz CT molecular complexity index is 1750. The first-order chi connectivity index (χ1) is 20.1. The average molecular weight is 597 g/mol. The van der Waals surface area contributed by atoms with Crippen molar-refractivity contribution in [2.75, 3.05) is 13.6 Å². The van der Waals surface area contributed by atoms with Crippen LogP contribution >= 0.6 is 11.3 Å². The monoisotopic (exact) mass is 596 g/mol. The Kier molecular flexibility index (Phi) is 7.48. The summed E-state index contributed by atoms with van der Waals surface area (Å²) >= 11 is 1.18. The highest BCUT2D eigenvalue weighted by molar-refractivity contribution is 7.21. The van der Waals surface area contributed by atoms with Crippen molar-refractivity contribution in [3.63, 3.8) is 0 Å². The van der Waals surface area contributed by atoms with E-state index in [4.69, 9.17) is 4.74 Å². The molecular formula is C29H33FN6O5S. The Hall–Kier alpha value is -3.84. The molecule has 13 heteroatoms. The van der Waals surface area contributed by atoms with Crippen molar-refractivity contribution in [1.82, 2.24) is 29.0 Å². The number of likely N-dealkylation sites (tertiary alicyclic amines) is 1. The zero-order chi connectivity index (χ0) is 29.7. The molecule has 4 heterocycles. The van der Waals surface area contributed by atoms with Gasteiger partial charge >= 0.3 is 5.69 Å². The number of aryl methyl sites for hydroxylation is 1. The first kappa shape index (κ1) is 28.3. The van der Waals surface area contributed by atoms with E-state index in [9.17, 15) is 23.9 Å². The summed E-state index contributed by atoms with van der Waals surface area (Å²) in [4.78, 5) is 44.5. The Balaban J connectivity index is 1.55. The van der Waals surface area contributed by atoms with Crippen LogP contribution in [0.25, 0.3) is 15.2 Å². The third kappa shape index (κ3) is 4.94. The first-order valence-corrected chi connectivity index (χ1v) is 15.0. The molecule has 42 heavy (non-hydrogen) atoms. The van der Waals surface area contributed by atoms with E-state index < -0.39 is 29.2 Å². The molecule has 3 aromatic heterocycles. The minimum Gasteiger partial charge on any atom is -0.508 e. The van der Waals surface area contributed by atoms with Gasteiger partial charge in [-0.15, -0.1) is 4.80 Å². The van der Waals surface area contributed by atoms with Crippen LogP contribution in [0.15, 0.2) is 40.2 Å². The van der Waals surface area contributed by atoms with Crippen molar-refractivity contribution in [2.45, 2.75) is 70.7 Å². The van der Waals surface area contributed by atoms with E-state index in [1.807, 2.05) is 0 Å². The summed E-state index contributed by atoms with van der Waals surface area (Å²) in [6, 6.07) is 2.71. The number of likely N-dealkylation sites (N-methyl/N-ethyl adjacent to an activating group) is 1. The molecule has 0 spiro atoms. The number of carbonyl (C=O) groups excluding carboxylic acids is 1. The third-order valence-corrected chi connectivity index (χ3v) is 9.81. The van der Waals surface area contributed by atoms with Gasteiger partial charge in [0.05, 0.1) is 30.4 Å². The molecule has 1 saturated carbocycles. The fourth-order valence-electron chi connectivity index (χ4n) is 6.11. The van der Waals surface area contributed by atoms with Crippen molar-refractivity contribution in [2.24, 2.45) is 5.92 Å². The van der Waals surface area contributed by atoms with Crippen LogP contribution in [-0.4, -0.2) is 59.7 Å². The van der Waals surface area contributed by atoms with Crippen LogP contribution < -0.4 is 11.2 Å². The van der Waals surface area contributed by atoms with Crippen LogP contribution in [0.1, 0.15) is 62.3 Å². The van der Waals surface area contributed by atoms with Gasteiger partial charge in [0.2, 0.25) is 5.91 Å². The molecule has 222 valence electrons. The molecule has 1 aliphatic heterocycles. The van der Waals surface area contributed by atoms with Crippen molar-refractivity contribution in [3.8, 4) is 10.8 Å². The molecule has 11 nitrogen and oxygen atoms in total. The Labute approximate surface area is 244 Å². The van der Waals surface area contributed by atoms with Gasteiger partial charge in [-0.1, -0.05) is 18.3 Å². The molecule has 0 bridgehead atoms. The van der Waals surface area contributed by atoms with Gasteiger partial charge in [-0.2, -0.15) is 10.2 Å². The summed E-state index contributed by atoms with van der Waals surface area (Å²) in [7, 11) is 1.64. The summed E-state index contributed by atoms with van der Waals surface area (Å²) < 4.78 is 23.5. The van der Waals surface area contributed by atoms with E-state index in [0.717, 1.165) is 36.3 Å². The van der Waals surface area contributed by atoms with Crippen molar-refractivity contribution in [3.05, 3.63) is 68.4 Å².